The number of pyridine rings is 1. The fraction of sp³-hybridized carbons (Fsp3) is 0.0588. The lowest BCUT2D eigenvalue weighted by Crippen LogP contribution is -2.12. The molecule has 0 amide bonds. The summed E-state index contributed by atoms with van der Waals surface area (Å²) in [5.41, 5.74) is 0.776. The number of Topliss-reactive ketones (excluding diaryl/α,β-unsaturated/α-hetero) is 1. The van der Waals surface area contributed by atoms with Crippen LogP contribution in [-0.4, -0.2) is 30.3 Å². The fourth-order valence-electron chi connectivity index (χ4n) is 2.31. The molecule has 1 aromatic heterocycles. The molecule has 0 aliphatic rings. The molecule has 1 heterocycles. The Hall–Kier alpha value is -2.77. The van der Waals surface area contributed by atoms with E-state index >= 15 is 0 Å². The van der Waals surface area contributed by atoms with Crippen molar-refractivity contribution in [3.8, 4) is 5.75 Å². The SMILES string of the molecule is O=C(COc1ccc(S(=O)(=O)O)c2cccnc12)c1ccccc1. The van der Waals surface area contributed by atoms with Crippen LogP contribution in [0.15, 0.2) is 65.7 Å². The minimum atomic E-state index is -4.38. The molecule has 0 aliphatic heterocycles. The number of aromatic nitrogens is 1. The van der Waals surface area contributed by atoms with Crippen LogP contribution in [-0.2, 0) is 10.1 Å². The lowest BCUT2D eigenvalue weighted by atomic mass is 10.1. The van der Waals surface area contributed by atoms with Crippen molar-refractivity contribution in [3.63, 3.8) is 0 Å². The van der Waals surface area contributed by atoms with Gasteiger partial charge in [0, 0.05) is 17.1 Å². The van der Waals surface area contributed by atoms with Crippen molar-refractivity contribution in [3.05, 3.63) is 66.4 Å². The number of carbonyl (C=O) groups is 1. The third-order valence-electron chi connectivity index (χ3n) is 3.43. The van der Waals surface area contributed by atoms with Gasteiger partial charge >= 0.3 is 0 Å². The average molecular weight is 343 g/mol. The van der Waals surface area contributed by atoms with Crippen LogP contribution in [0.4, 0.5) is 0 Å². The van der Waals surface area contributed by atoms with Gasteiger partial charge in [-0.1, -0.05) is 30.3 Å². The third-order valence-corrected chi connectivity index (χ3v) is 4.34. The predicted octanol–water partition coefficient (Wildman–Crippen LogP) is 2.74. The molecule has 1 N–H and O–H groups in total. The van der Waals surface area contributed by atoms with E-state index in [1.54, 1.807) is 30.3 Å². The van der Waals surface area contributed by atoms with Crippen LogP contribution in [0.1, 0.15) is 10.4 Å². The van der Waals surface area contributed by atoms with Crippen molar-refractivity contribution in [1.82, 2.24) is 4.98 Å². The van der Waals surface area contributed by atoms with E-state index in [4.69, 9.17) is 4.74 Å². The number of nitrogens with zero attached hydrogens (tertiary/aromatic N) is 1. The lowest BCUT2D eigenvalue weighted by Gasteiger charge is -2.10. The molecule has 0 fully saturated rings. The van der Waals surface area contributed by atoms with Crippen LogP contribution < -0.4 is 4.74 Å². The molecule has 0 unspecified atom stereocenters. The lowest BCUT2D eigenvalue weighted by molar-refractivity contribution is 0.0922. The van der Waals surface area contributed by atoms with Crippen molar-refractivity contribution < 1.29 is 22.5 Å². The zero-order valence-corrected chi connectivity index (χ0v) is 13.2. The summed E-state index contributed by atoms with van der Waals surface area (Å²) in [5.74, 6) is 0.0563. The zero-order chi connectivity index (χ0) is 17.2. The molecule has 0 radical (unpaired) electrons. The Morgan fingerprint density at radius 2 is 1.79 bits per heavy atom. The second-order valence-electron chi connectivity index (χ2n) is 5.01. The second-order valence-corrected chi connectivity index (χ2v) is 6.40. The Bertz CT molecular complexity index is 1000. The quantitative estimate of drug-likeness (QED) is 0.565. The Morgan fingerprint density at radius 1 is 1.04 bits per heavy atom. The minimum absolute atomic E-state index is 0.207. The largest absolute Gasteiger partial charge is 0.483 e. The number of fused-ring (bicyclic) bond motifs is 1. The zero-order valence-electron chi connectivity index (χ0n) is 12.4. The maximum atomic E-state index is 12.1. The van der Waals surface area contributed by atoms with Crippen LogP contribution in [0.2, 0.25) is 0 Å². The molecule has 0 bridgehead atoms. The number of carbonyl (C=O) groups excluding carboxylic acids is 1. The molecule has 7 heteroatoms. The van der Waals surface area contributed by atoms with Gasteiger partial charge in [0.1, 0.15) is 16.2 Å². The van der Waals surface area contributed by atoms with Gasteiger partial charge in [-0.3, -0.25) is 14.3 Å². The highest BCUT2D eigenvalue weighted by Crippen LogP contribution is 2.29. The van der Waals surface area contributed by atoms with Crippen molar-refractivity contribution in [1.29, 1.82) is 0 Å². The van der Waals surface area contributed by atoms with Gasteiger partial charge < -0.3 is 4.74 Å². The van der Waals surface area contributed by atoms with Gasteiger partial charge in [0.2, 0.25) is 0 Å². The normalized spacial score (nSPS) is 11.4. The van der Waals surface area contributed by atoms with E-state index in [1.165, 1.54) is 24.4 Å². The van der Waals surface area contributed by atoms with E-state index in [-0.39, 0.29) is 33.9 Å². The Balaban J connectivity index is 1.93. The van der Waals surface area contributed by atoms with E-state index < -0.39 is 10.1 Å². The summed E-state index contributed by atoms with van der Waals surface area (Å²) < 4.78 is 37.7. The van der Waals surface area contributed by atoms with Gasteiger partial charge in [0.15, 0.2) is 12.4 Å². The van der Waals surface area contributed by atoms with Crippen molar-refractivity contribution in [2.45, 2.75) is 4.90 Å². The summed E-state index contributed by atoms with van der Waals surface area (Å²) in [6.07, 6.45) is 1.47. The molecule has 0 aliphatic carbocycles. The van der Waals surface area contributed by atoms with Crippen LogP contribution in [0, 0.1) is 0 Å². The van der Waals surface area contributed by atoms with Gasteiger partial charge in [-0.05, 0) is 24.3 Å². The molecular weight excluding hydrogens is 330 g/mol. The highest BCUT2D eigenvalue weighted by molar-refractivity contribution is 7.86. The maximum Gasteiger partial charge on any atom is 0.295 e. The molecule has 122 valence electrons. The third kappa shape index (κ3) is 3.27. The van der Waals surface area contributed by atoms with E-state index in [9.17, 15) is 17.8 Å². The highest BCUT2D eigenvalue weighted by Gasteiger charge is 2.17. The van der Waals surface area contributed by atoms with Crippen molar-refractivity contribution >= 4 is 26.8 Å². The van der Waals surface area contributed by atoms with Crippen LogP contribution in [0.5, 0.6) is 5.75 Å². The molecule has 6 nitrogen and oxygen atoms in total. The number of rotatable bonds is 5. The summed E-state index contributed by atoms with van der Waals surface area (Å²) >= 11 is 0. The first-order chi connectivity index (χ1) is 11.5. The molecular formula is C17H13NO5S. The monoisotopic (exact) mass is 343 g/mol. The molecule has 0 saturated carbocycles. The fourth-order valence-corrected chi connectivity index (χ4v) is 3.00. The summed E-state index contributed by atoms with van der Waals surface area (Å²) in [7, 11) is -4.38. The van der Waals surface area contributed by atoms with Gasteiger partial charge in [-0.25, -0.2) is 0 Å². The number of ether oxygens (including phenoxy) is 1. The average Bonchev–Trinajstić information content (AvgIpc) is 2.59. The number of hydrogen-bond donors (Lipinski definition) is 1. The standard InChI is InChI=1S/C17H13NO5S/c19-14(12-5-2-1-3-6-12)11-23-15-8-9-16(24(20,21)22)13-7-4-10-18-17(13)15/h1-10H,11H2,(H,20,21,22). The summed E-state index contributed by atoms with van der Waals surface area (Å²) in [6.45, 7) is -0.207. The van der Waals surface area contributed by atoms with E-state index in [0.717, 1.165) is 0 Å². The summed E-state index contributed by atoms with van der Waals surface area (Å²) in [4.78, 5) is 15.9. The van der Waals surface area contributed by atoms with Crippen molar-refractivity contribution in [2.75, 3.05) is 6.61 Å². The van der Waals surface area contributed by atoms with E-state index in [2.05, 4.69) is 4.98 Å². The highest BCUT2D eigenvalue weighted by atomic mass is 32.2. The molecule has 24 heavy (non-hydrogen) atoms. The second kappa shape index (κ2) is 6.38. The molecule has 3 aromatic rings. The minimum Gasteiger partial charge on any atom is -0.483 e. The van der Waals surface area contributed by atoms with Gasteiger partial charge in [0.05, 0.1) is 0 Å². The molecule has 0 atom stereocenters. The van der Waals surface area contributed by atoms with Gasteiger partial charge in [-0.15, -0.1) is 0 Å². The first-order valence-corrected chi connectivity index (χ1v) is 8.47. The smallest absolute Gasteiger partial charge is 0.295 e. The maximum absolute atomic E-state index is 12.1. The van der Waals surface area contributed by atoms with Crippen LogP contribution in [0.3, 0.4) is 0 Å². The van der Waals surface area contributed by atoms with Crippen molar-refractivity contribution in [2.24, 2.45) is 0 Å². The first kappa shape index (κ1) is 16.1. The van der Waals surface area contributed by atoms with Crippen LogP contribution >= 0.6 is 0 Å². The van der Waals surface area contributed by atoms with Gasteiger partial charge in [-0.2, -0.15) is 8.42 Å². The summed E-state index contributed by atoms with van der Waals surface area (Å²) in [5, 5.41) is 0.227. The Morgan fingerprint density at radius 3 is 2.50 bits per heavy atom. The first-order valence-electron chi connectivity index (χ1n) is 7.03. The number of ketones is 1. The Labute approximate surface area is 138 Å². The predicted molar refractivity (Wildman–Crippen MR) is 87.8 cm³/mol. The molecule has 0 spiro atoms. The van der Waals surface area contributed by atoms with Gasteiger partial charge in [0.25, 0.3) is 10.1 Å². The summed E-state index contributed by atoms with van der Waals surface area (Å²) in [6, 6.07) is 14.3. The molecule has 0 saturated heterocycles. The molecule has 2 aromatic carbocycles. The van der Waals surface area contributed by atoms with Crippen LogP contribution in [0.25, 0.3) is 10.9 Å². The number of hydrogen-bond acceptors (Lipinski definition) is 5. The molecule has 3 rings (SSSR count). The topological polar surface area (TPSA) is 93.6 Å². The Kier molecular flexibility index (Phi) is 4.28. The van der Waals surface area contributed by atoms with E-state index in [0.29, 0.717) is 5.56 Å². The number of benzene rings is 2. The van der Waals surface area contributed by atoms with E-state index in [1.807, 2.05) is 6.07 Å².